The van der Waals surface area contributed by atoms with E-state index >= 15 is 0 Å². The van der Waals surface area contributed by atoms with Gasteiger partial charge in [0.15, 0.2) is 0 Å². The lowest BCUT2D eigenvalue weighted by atomic mass is 10.1. The molecule has 0 radical (unpaired) electrons. The number of amides is 1. The minimum Gasteiger partial charge on any atom is -0.395 e. The molecule has 1 N–H and O–H groups in total. The number of rotatable bonds is 5. The van der Waals surface area contributed by atoms with E-state index in [1.807, 2.05) is 29.6 Å². The predicted octanol–water partition coefficient (Wildman–Crippen LogP) is 2.41. The fraction of sp³-hybridized carbons (Fsp3) is 0.333. The van der Waals surface area contributed by atoms with Gasteiger partial charge in [-0.15, -0.1) is 11.3 Å². The smallest absolute Gasteiger partial charge is 0.254 e. The third-order valence-electron chi connectivity index (χ3n) is 3.45. The second-order valence-electron chi connectivity index (χ2n) is 4.90. The quantitative estimate of drug-likeness (QED) is 0.919. The van der Waals surface area contributed by atoms with Crippen LogP contribution in [-0.2, 0) is 0 Å². The van der Waals surface area contributed by atoms with Crippen molar-refractivity contribution in [1.29, 1.82) is 0 Å². The van der Waals surface area contributed by atoms with Gasteiger partial charge in [-0.05, 0) is 25.0 Å². The predicted molar refractivity (Wildman–Crippen MR) is 78.7 cm³/mol. The van der Waals surface area contributed by atoms with Gasteiger partial charge in [0.2, 0.25) is 0 Å². The van der Waals surface area contributed by atoms with Gasteiger partial charge >= 0.3 is 0 Å². The summed E-state index contributed by atoms with van der Waals surface area (Å²) in [6, 6.07) is 7.83. The van der Waals surface area contributed by atoms with E-state index in [0.717, 1.165) is 24.1 Å². The van der Waals surface area contributed by atoms with E-state index in [1.54, 1.807) is 21.7 Å². The first kappa shape index (κ1) is 13.3. The van der Waals surface area contributed by atoms with Crippen molar-refractivity contribution >= 4 is 17.2 Å². The molecule has 0 spiro atoms. The van der Waals surface area contributed by atoms with Crippen molar-refractivity contribution < 1.29 is 9.90 Å². The molecule has 104 valence electrons. The highest BCUT2D eigenvalue weighted by Gasteiger charge is 2.32. The van der Waals surface area contributed by atoms with Crippen LogP contribution in [0.2, 0.25) is 0 Å². The summed E-state index contributed by atoms with van der Waals surface area (Å²) in [5.41, 5.74) is 4.42. The average Bonchev–Trinajstić information content (AvgIpc) is 3.17. The van der Waals surface area contributed by atoms with Crippen molar-refractivity contribution in [3.8, 4) is 11.3 Å². The van der Waals surface area contributed by atoms with E-state index in [9.17, 15) is 4.79 Å². The second kappa shape index (κ2) is 5.73. The summed E-state index contributed by atoms with van der Waals surface area (Å²) >= 11 is 1.55. The van der Waals surface area contributed by atoms with E-state index in [0.29, 0.717) is 18.2 Å². The minimum absolute atomic E-state index is 0.00591. The van der Waals surface area contributed by atoms with E-state index in [2.05, 4.69) is 4.98 Å². The van der Waals surface area contributed by atoms with Crippen LogP contribution in [0.5, 0.6) is 0 Å². The highest BCUT2D eigenvalue weighted by molar-refractivity contribution is 7.07. The highest BCUT2D eigenvalue weighted by Crippen LogP contribution is 2.28. The molecule has 0 bridgehead atoms. The van der Waals surface area contributed by atoms with Crippen LogP contribution >= 0.6 is 11.3 Å². The molecule has 4 nitrogen and oxygen atoms in total. The van der Waals surface area contributed by atoms with Crippen LogP contribution in [0.15, 0.2) is 35.2 Å². The van der Waals surface area contributed by atoms with E-state index in [4.69, 9.17) is 5.11 Å². The first-order valence-electron chi connectivity index (χ1n) is 6.70. The highest BCUT2D eigenvalue weighted by atomic mass is 32.1. The molecule has 1 aromatic carbocycles. The summed E-state index contributed by atoms with van der Waals surface area (Å²) in [4.78, 5) is 18.4. The molecule has 20 heavy (non-hydrogen) atoms. The third kappa shape index (κ3) is 2.73. The molecule has 1 amide bonds. The van der Waals surface area contributed by atoms with Crippen LogP contribution in [-0.4, -0.2) is 40.1 Å². The van der Waals surface area contributed by atoms with Gasteiger partial charge in [0.05, 0.1) is 17.8 Å². The van der Waals surface area contributed by atoms with E-state index in [1.165, 1.54) is 0 Å². The van der Waals surface area contributed by atoms with Gasteiger partial charge in [0.25, 0.3) is 5.91 Å². The van der Waals surface area contributed by atoms with Crippen LogP contribution in [0, 0.1) is 0 Å². The number of hydrogen-bond donors (Lipinski definition) is 1. The SMILES string of the molecule is O=C(c1ccc(-c2cscn2)cc1)N(CCO)C1CC1. The Morgan fingerprint density at radius 1 is 1.35 bits per heavy atom. The summed E-state index contributed by atoms with van der Waals surface area (Å²) in [5.74, 6) is 0.00591. The Kier molecular flexibility index (Phi) is 3.80. The number of thiazole rings is 1. The molecule has 1 fully saturated rings. The lowest BCUT2D eigenvalue weighted by Crippen LogP contribution is -2.35. The lowest BCUT2D eigenvalue weighted by molar-refractivity contribution is 0.0707. The molecule has 0 unspecified atom stereocenters. The van der Waals surface area contributed by atoms with Gasteiger partial charge in [-0.3, -0.25) is 4.79 Å². The molecule has 1 aliphatic rings. The molecule has 1 aliphatic carbocycles. The van der Waals surface area contributed by atoms with Gasteiger partial charge in [-0.1, -0.05) is 12.1 Å². The fourth-order valence-electron chi connectivity index (χ4n) is 2.25. The molecule has 0 aliphatic heterocycles. The summed E-state index contributed by atoms with van der Waals surface area (Å²) in [5, 5.41) is 11.1. The standard InChI is InChI=1S/C15H16N2O2S/c18-8-7-17(13-5-6-13)15(19)12-3-1-11(2-4-12)14-9-20-10-16-14/h1-4,9-10,13,18H,5-8H2. The van der Waals surface area contributed by atoms with Crippen molar-refractivity contribution in [2.24, 2.45) is 0 Å². The fourth-order valence-corrected chi connectivity index (χ4v) is 2.81. The van der Waals surface area contributed by atoms with Gasteiger partial charge in [-0.2, -0.15) is 0 Å². The van der Waals surface area contributed by atoms with E-state index in [-0.39, 0.29) is 12.5 Å². The number of carbonyl (C=O) groups excluding carboxylic acids is 1. The molecule has 1 heterocycles. The number of aliphatic hydroxyl groups is 1. The first-order valence-corrected chi connectivity index (χ1v) is 7.64. The topological polar surface area (TPSA) is 53.4 Å². The molecule has 5 heteroatoms. The molecule has 1 saturated carbocycles. The number of nitrogens with zero attached hydrogens (tertiary/aromatic N) is 2. The normalized spacial score (nSPS) is 14.2. The van der Waals surface area contributed by atoms with Gasteiger partial charge in [0, 0.05) is 29.1 Å². The van der Waals surface area contributed by atoms with Crippen molar-refractivity contribution in [3.63, 3.8) is 0 Å². The maximum absolute atomic E-state index is 12.4. The Balaban J connectivity index is 1.78. The zero-order chi connectivity index (χ0) is 13.9. The van der Waals surface area contributed by atoms with E-state index < -0.39 is 0 Å². The van der Waals surface area contributed by atoms with Crippen LogP contribution in [0.1, 0.15) is 23.2 Å². The van der Waals surface area contributed by atoms with Crippen molar-refractivity contribution in [2.75, 3.05) is 13.2 Å². The number of benzene rings is 1. The molecular weight excluding hydrogens is 272 g/mol. The summed E-state index contributed by atoms with van der Waals surface area (Å²) in [6.07, 6.45) is 2.09. The monoisotopic (exact) mass is 288 g/mol. The Morgan fingerprint density at radius 2 is 2.10 bits per heavy atom. The number of aliphatic hydroxyl groups excluding tert-OH is 1. The summed E-state index contributed by atoms with van der Waals surface area (Å²) in [7, 11) is 0. The molecule has 1 aromatic heterocycles. The van der Waals surface area contributed by atoms with Crippen LogP contribution in [0.3, 0.4) is 0 Å². The van der Waals surface area contributed by atoms with Crippen molar-refractivity contribution in [3.05, 3.63) is 40.7 Å². The zero-order valence-electron chi connectivity index (χ0n) is 11.0. The summed E-state index contributed by atoms with van der Waals surface area (Å²) in [6.45, 7) is 0.427. The Bertz CT molecular complexity index is 576. The van der Waals surface area contributed by atoms with Crippen molar-refractivity contribution in [1.82, 2.24) is 9.88 Å². The van der Waals surface area contributed by atoms with Gasteiger partial charge in [0.1, 0.15) is 0 Å². The number of hydrogen-bond acceptors (Lipinski definition) is 4. The maximum Gasteiger partial charge on any atom is 0.254 e. The summed E-state index contributed by atoms with van der Waals surface area (Å²) < 4.78 is 0. The lowest BCUT2D eigenvalue weighted by Gasteiger charge is -2.21. The second-order valence-corrected chi connectivity index (χ2v) is 5.62. The number of aromatic nitrogens is 1. The Labute approximate surface area is 121 Å². The maximum atomic E-state index is 12.4. The van der Waals surface area contributed by atoms with Crippen molar-refractivity contribution in [2.45, 2.75) is 18.9 Å². The molecular formula is C15H16N2O2S. The van der Waals surface area contributed by atoms with Gasteiger partial charge < -0.3 is 10.0 Å². The zero-order valence-corrected chi connectivity index (χ0v) is 11.8. The van der Waals surface area contributed by atoms with Crippen LogP contribution < -0.4 is 0 Å². The van der Waals surface area contributed by atoms with Crippen LogP contribution in [0.4, 0.5) is 0 Å². The largest absolute Gasteiger partial charge is 0.395 e. The number of carbonyl (C=O) groups is 1. The first-order chi connectivity index (χ1) is 9.79. The molecule has 3 rings (SSSR count). The molecule has 0 atom stereocenters. The Morgan fingerprint density at radius 3 is 2.65 bits per heavy atom. The molecule has 2 aromatic rings. The Hall–Kier alpha value is -1.72. The van der Waals surface area contributed by atoms with Gasteiger partial charge in [-0.25, -0.2) is 4.98 Å². The average molecular weight is 288 g/mol. The minimum atomic E-state index is 0.00591. The van der Waals surface area contributed by atoms with Crippen LogP contribution in [0.25, 0.3) is 11.3 Å². The third-order valence-corrected chi connectivity index (χ3v) is 4.04. The molecule has 0 saturated heterocycles.